The lowest BCUT2D eigenvalue weighted by Gasteiger charge is -2.35. The van der Waals surface area contributed by atoms with E-state index in [0.717, 1.165) is 25.7 Å². The molecule has 1 heterocycles. The van der Waals surface area contributed by atoms with Crippen LogP contribution >= 0.6 is 0 Å². The number of hydrogen-bond donors (Lipinski definition) is 3. The first kappa shape index (κ1) is 20.6. The molecule has 5 heteroatoms. The molecule has 144 valence electrons. The second kappa shape index (κ2) is 9.83. The highest BCUT2D eigenvalue weighted by Gasteiger charge is 2.38. The van der Waals surface area contributed by atoms with Crippen LogP contribution in [0.2, 0.25) is 0 Å². The minimum Gasteiger partial charge on any atom is -0.388 e. The van der Waals surface area contributed by atoms with Gasteiger partial charge in [0.25, 0.3) is 0 Å². The molecule has 25 heavy (non-hydrogen) atoms. The molecule has 0 aromatic rings. The highest BCUT2D eigenvalue weighted by atomic mass is 16.7. The molecule has 6 atom stereocenters. The van der Waals surface area contributed by atoms with E-state index in [4.69, 9.17) is 9.47 Å². The quantitative estimate of drug-likeness (QED) is 0.584. The van der Waals surface area contributed by atoms with Crippen molar-refractivity contribution in [2.45, 2.75) is 77.0 Å². The summed E-state index contributed by atoms with van der Waals surface area (Å²) in [5.41, 5.74) is 2.86. The van der Waals surface area contributed by atoms with Crippen molar-refractivity contribution < 1.29 is 24.8 Å². The summed E-state index contributed by atoms with van der Waals surface area (Å²) < 4.78 is 10.8. The van der Waals surface area contributed by atoms with Crippen LogP contribution < -0.4 is 0 Å². The first-order chi connectivity index (χ1) is 11.9. The van der Waals surface area contributed by atoms with Crippen molar-refractivity contribution in [3.8, 4) is 0 Å². The van der Waals surface area contributed by atoms with Crippen LogP contribution in [-0.2, 0) is 9.47 Å². The first-order valence-electron chi connectivity index (χ1n) is 9.49. The van der Waals surface area contributed by atoms with Gasteiger partial charge in [-0.15, -0.1) is 0 Å². The second-order valence-electron chi connectivity index (χ2n) is 7.76. The summed E-state index contributed by atoms with van der Waals surface area (Å²) in [5, 5.41) is 28.9. The van der Waals surface area contributed by atoms with Crippen molar-refractivity contribution in [3.63, 3.8) is 0 Å². The fraction of sp³-hybridized carbons (Fsp3) is 0.800. The molecule has 6 unspecified atom stereocenters. The van der Waals surface area contributed by atoms with Gasteiger partial charge < -0.3 is 24.8 Å². The maximum Gasteiger partial charge on any atom is 0.186 e. The van der Waals surface area contributed by atoms with Crippen LogP contribution in [0.4, 0.5) is 0 Å². The van der Waals surface area contributed by atoms with E-state index in [1.165, 1.54) is 18.4 Å². The highest BCUT2D eigenvalue weighted by molar-refractivity contribution is 5.11. The number of rotatable bonds is 8. The monoisotopic (exact) mass is 354 g/mol. The lowest BCUT2D eigenvalue weighted by Crippen LogP contribution is -2.53. The minimum absolute atomic E-state index is 0.0173. The van der Waals surface area contributed by atoms with Gasteiger partial charge >= 0.3 is 0 Å². The van der Waals surface area contributed by atoms with E-state index in [1.807, 2.05) is 0 Å². The molecule has 0 radical (unpaired) electrons. The maximum absolute atomic E-state index is 9.85. The summed E-state index contributed by atoms with van der Waals surface area (Å²) in [6.07, 6.45) is 4.92. The Labute approximate surface area is 151 Å². The predicted octanol–water partition coefficient (Wildman–Crippen LogP) is 2.55. The predicted molar refractivity (Wildman–Crippen MR) is 97.0 cm³/mol. The number of aliphatic hydroxyl groups excluding tert-OH is 3. The molecule has 1 aliphatic carbocycles. The molecule has 1 fully saturated rings. The molecule has 5 nitrogen and oxygen atoms in total. The average molecular weight is 354 g/mol. The van der Waals surface area contributed by atoms with E-state index in [-0.39, 0.29) is 6.61 Å². The highest BCUT2D eigenvalue weighted by Crippen LogP contribution is 2.30. The molecule has 1 saturated heterocycles. The second-order valence-corrected chi connectivity index (χ2v) is 7.76. The van der Waals surface area contributed by atoms with Gasteiger partial charge in [0.15, 0.2) is 6.29 Å². The van der Waals surface area contributed by atoms with Crippen molar-refractivity contribution in [1.29, 1.82) is 0 Å². The Morgan fingerprint density at radius 1 is 1.36 bits per heavy atom. The van der Waals surface area contributed by atoms with Gasteiger partial charge in [0, 0.05) is 0 Å². The zero-order chi connectivity index (χ0) is 18.4. The summed E-state index contributed by atoms with van der Waals surface area (Å²) in [6, 6.07) is 0. The van der Waals surface area contributed by atoms with E-state index >= 15 is 0 Å². The molecule has 0 spiro atoms. The number of allylic oxidation sites excluding steroid dienone is 3. The smallest absolute Gasteiger partial charge is 0.186 e. The van der Waals surface area contributed by atoms with Gasteiger partial charge in [-0.3, -0.25) is 0 Å². The molecular weight excluding hydrogens is 320 g/mol. The summed E-state index contributed by atoms with van der Waals surface area (Å²) >= 11 is 0. The molecule has 1 aliphatic heterocycles. The third-order valence-corrected chi connectivity index (χ3v) is 5.40. The zero-order valence-electron chi connectivity index (χ0n) is 15.6. The van der Waals surface area contributed by atoms with Crippen molar-refractivity contribution in [2.24, 2.45) is 11.8 Å². The Kier molecular flexibility index (Phi) is 8.10. The molecule has 0 amide bonds. The normalized spacial score (nSPS) is 34.4. The van der Waals surface area contributed by atoms with E-state index in [0.29, 0.717) is 18.4 Å². The third-order valence-electron chi connectivity index (χ3n) is 5.40. The molecular formula is C20H34O5. The zero-order valence-corrected chi connectivity index (χ0v) is 15.6. The van der Waals surface area contributed by atoms with Gasteiger partial charge in [0.05, 0.1) is 13.2 Å². The maximum atomic E-state index is 9.85. The summed E-state index contributed by atoms with van der Waals surface area (Å²) in [5.74, 6) is 1.01. The van der Waals surface area contributed by atoms with Crippen LogP contribution in [0.15, 0.2) is 23.8 Å². The van der Waals surface area contributed by atoms with Crippen molar-refractivity contribution in [1.82, 2.24) is 0 Å². The number of ether oxygens (including phenoxy) is 2. The fourth-order valence-corrected chi connectivity index (χ4v) is 3.51. The van der Waals surface area contributed by atoms with Gasteiger partial charge in [-0.1, -0.05) is 30.7 Å². The number of aliphatic hydroxyl groups is 3. The molecule has 0 aromatic heterocycles. The Morgan fingerprint density at radius 2 is 2.12 bits per heavy atom. The molecule has 2 rings (SSSR count). The van der Waals surface area contributed by atoms with E-state index in [9.17, 15) is 15.3 Å². The Morgan fingerprint density at radius 3 is 2.76 bits per heavy atom. The van der Waals surface area contributed by atoms with Crippen molar-refractivity contribution in [2.75, 3.05) is 13.2 Å². The van der Waals surface area contributed by atoms with Crippen LogP contribution in [0.25, 0.3) is 0 Å². The summed E-state index contributed by atoms with van der Waals surface area (Å²) in [4.78, 5) is 0. The van der Waals surface area contributed by atoms with E-state index in [1.54, 1.807) is 5.57 Å². The van der Waals surface area contributed by atoms with Gasteiger partial charge in [0.1, 0.15) is 18.3 Å². The average Bonchev–Trinajstić information content (AvgIpc) is 2.59. The third kappa shape index (κ3) is 6.19. The molecule has 0 saturated carbocycles. The van der Waals surface area contributed by atoms with Crippen LogP contribution in [-0.4, -0.2) is 53.1 Å². The largest absolute Gasteiger partial charge is 0.388 e. The van der Waals surface area contributed by atoms with Crippen molar-refractivity contribution in [3.05, 3.63) is 23.8 Å². The van der Waals surface area contributed by atoms with Gasteiger partial charge in [0.2, 0.25) is 0 Å². The van der Waals surface area contributed by atoms with Crippen LogP contribution in [0.5, 0.6) is 0 Å². The SMILES string of the molecule is C=C(C)C1CC=C(CCCC(C)COC2OCC(O)C(O)C2O)CC1. The molecule has 3 N–H and O–H groups in total. The van der Waals surface area contributed by atoms with Crippen LogP contribution in [0.1, 0.15) is 52.4 Å². The summed E-state index contributed by atoms with van der Waals surface area (Å²) in [7, 11) is 0. The Bertz CT molecular complexity index is 461. The van der Waals surface area contributed by atoms with Crippen LogP contribution in [0.3, 0.4) is 0 Å². The van der Waals surface area contributed by atoms with E-state index < -0.39 is 24.6 Å². The standard InChI is InChI=1S/C20H34O5/c1-13(2)16-9-7-15(8-10-16)6-4-5-14(3)11-24-20-19(23)18(22)17(21)12-25-20/h7,14,16-23H,1,4-6,8-12H2,2-3H3. The van der Waals surface area contributed by atoms with Gasteiger partial charge in [-0.05, 0) is 57.3 Å². The topological polar surface area (TPSA) is 79.2 Å². The summed E-state index contributed by atoms with van der Waals surface area (Å²) in [6.45, 7) is 8.76. The van der Waals surface area contributed by atoms with Gasteiger partial charge in [-0.25, -0.2) is 0 Å². The molecule has 0 aromatic carbocycles. The van der Waals surface area contributed by atoms with Gasteiger partial charge in [-0.2, -0.15) is 0 Å². The van der Waals surface area contributed by atoms with Crippen LogP contribution in [0, 0.1) is 11.8 Å². The molecule has 2 aliphatic rings. The lowest BCUT2D eigenvalue weighted by atomic mass is 9.84. The molecule has 0 bridgehead atoms. The first-order valence-corrected chi connectivity index (χ1v) is 9.49. The lowest BCUT2D eigenvalue weighted by molar-refractivity contribution is -0.272. The Hall–Kier alpha value is -0.720. The number of hydrogen-bond acceptors (Lipinski definition) is 5. The van der Waals surface area contributed by atoms with Crippen molar-refractivity contribution >= 4 is 0 Å². The van der Waals surface area contributed by atoms with E-state index in [2.05, 4.69) is 26.5 Å². The fourth-order valence-electron chi connectivity index (χ4n) is 3.51. The minimum atomic E-state index is -1.21. The Balaban J connectivity index is 1.61.